The molecule has 1 aliphatic heterocycles. The summed E-state index contributed by atoms with van der Waals surface area (Å²) in [6.07, 6.45) is 9.74. The lowest BCUT2D eigenvalue weighted by Crippen LogP contribution is -2.48. The van der Waals surface area contributed by atoms with Crippen LogP contribution >= 0.6 is 0 Å². The van der Waals surface area contributed by atoms with Crippen LogP contribution in [0.3, 0.4) is 0 Å². The minimum absolute atomic E-state index is 0.800. The zero-order valence-corrected chi connectivity index (χ0v) is 10.1. The molecule has 15 heavy (non-hydrogen) atoms. The summed E-state index contributed by atoms with van der Waals surface area (Å²) >= 11 is 0. The highest BCUT2D eigenvalue weighted by molar-refractivity contribution is 4.89. The van der Waals surface area contributed by atoms with Crippen LogP contribution in [0.25, 0.3) is 0 Å². The second-order valence-corrected chi connectivity index (χ2v) is 5.44. The molecule has 0 spiro atoms. The lowest BCUT2D eigenvalue weighted by Gasteiger charge is -2.41. The van der Waals surface area contributed by atoms with Gasteiger partial charge in [-0.2, -0.15) is 0 Å². The molecule has 0 aromatic rings. The largest absolute Gasteiger partial charge is 0.330 e. The molecular weight excluding hydrogens is 184 g/mol. The van der Waals surface area contributed by atoms with Crippen molar-refractivity contribution in [2.45, 2.75) is 64.0 Å². The van der Waals surface area contributed by atoms with Crippen LogP contribution in [0.2, 0.25) is 0 Å². The summed E-state index contributed by atoms with van der Waals surface area (Å²) in [5.74, 6) is 0.920. The fraction of sp³-hybridized carbons (Fsp3) is 1.00. The van der Waals surface area contributed by atoms with Gasteiger partial charge in [0.25, 0.3) is 0 Å². The average molecular weight is 210 g/mol. The normalized spacial score (nSPS) is 38.4. The van der Waals surface area contributed by atoms with E-state index in [2.05, 4.69) is 11.8 Å². The second-order valence-electron chi connectivity index (χ2n) is 5.44. The van der Waals surface area contributed by atoms with E-state index in [-0.39, 0.29) is 0 Å². The number of hydrogen-bond donors (Lipinski definition) is 1. The number of nitrogens with zero attached hydrogens (tertiary/aromatic N) is 1. The summed E-state index contributed by atoms with van der Waals surface area (Å²) in [5.41, 5.74) is 5.73. The maximum atomic E-state index is 5.73. The first kappa shape index (κ1) is 11.4. The van der Waals surface area contributed by atoms with E-state index < -0.39 is 0 Å². The fourth-order valence-electron chi connectivity index (χ4n) is 3.58. The monoisotopic (exact) mass is 210 g/mol. The van der Waals surface area contributed by atoms with Crippen molar-refractivity contribution in [2.24, 2.45) is 11.7 Å². The van der Waals surface area contributed by atoms with E-state index in [1.807, 2.05) is 0 Å². The van der Waals surface area contributed by atoms with E-state index in [4.69, 9.17) is 5.73 Å². The molecule has 2 aliphatic rings. The summed E-state index contributed by atoms with van der Waals surface area (Å²) in [6.45, 7) is 4.63. The van der Waals surface area contributed by atoms with Gasteiger partial charge in [-0.3, -0.25) is 4.90 Å². The first-order valence-corrected chi connectivity index (χ1v) is 6.78. The molecule has 2 heteroatoms. The number of piperidine rings is 1. The highest BCUT2D eigenvalue weighted by Crippen LogP contribution is 2.34. The Hall–Kier alpha value is -0.0800. The Bertz CT molecular complexity index is 191. The van der Waals surface area contributed by atoms with E-state index in [1.165, 1.54) is 51.5 Å². The zero-order chi connectivity index (χ0) is 10.7. The molecule has 2 fully saturated rings. The topological polar surface area (TPSA) is 29.3 Å². The van der Waals surface area contributed by atoms with E-state index in [0.717, 1.165) is 24.5 Å². The third-order valence-corrected chi connectivity index (χ3v) is 4.41. The highest BCUT2D eigenvalue weighted by atomic mass is 15.2. The Morgan fingerprint density at radius 3 is 2.67 bits per heavy atom. The van der Waals surface area contributed by atoms with Crippen molar-refractivity contribution in [1.82, 2.24) is 4.90 Å². The molecule has 88 valence electrons. The minimum Gasteiger partial charge on any atom is -0.330 e. The van der Waals surface area contributed by atoms with E-state index >= 15 is 0 Å². The molecule has 0 aromatic carbocycles. The lowest BCUT2D eigenvalue weighted by atomic mass is 9.94. The molecule has 0 bridgehead atoms. The van der Waals surface area contributed by atoms with Gasteiger partial charge in [0.05, 0.1) is 0 Å². The summed E-state index contributed by atoms with van der Waals surface area (Å²) in [4.78, 5) is 2.80. The molecule has 1 saturated carbocycles. The van der Waals surface area contributed by atoms with E-state index in [1.54, 1.807) is 0 Å². The van der Waals surface area contributed by atoms with Crippen LogP contribution in [0, 0.1) is 5.92 Å². The quantitative estimate of drug-likeness (QED) is 0.775. The molecule has 0 amide bonds. The number of nitrogens with two attached hydrogens (primary N) is 1. The first-order valence-electron chi connectivity index (χ1n) is 6.78. The molecule has 1 heterocycles. The third kappa shape index (κ3) is 2.54. The summed E-state index contributed by atoms with van der Waals surface area (Å²) in [6, 6.07) is 1.68. The Balaban J connectivity index is 1.97. The average Bonchev–Trinajstić information content (AvgIpc) is 2.66. The van der Waals surface area contributed by atoms with Crippen molar-refractivity contribution in [3.63, 3.8) is 0 Å². The predicted octanol–water partition coefficient (Wildman–Crippen LogP) is 2.38. The van der Waals surface area contributed by atoms with Crippen LogP contribution in [0.5, 0.6) is 0 Å². The smallest absolute Gasteiger partial charge is 0.0124 e. The Morgan fingerprint density at radius 1 is 1.13 bits per heavy atom. The van der Waals surface area contributed by atoms with Gasteiger partial charge < -0.3 is 5.73 Å². The number of likely N-dealkylation sites (tertiary alicyclic amines) is 1. The molecule has 0 aromatic heterocycles. The maximum absolute atomic E-state index is 5.73. The minimum atomic E-state index is 0.800. The predicted molar refractivity (Wildman–Crippen MR) is 64.8 cm³/mol. The van der Waals surface area contributed by atoms with Crippen molar-refractivity contribution in [3.8, 4) is 0 Å². The maximum Gasteiger partial charge on any atom is 0.0124 e. The van der Waals surface area contributed by atoms with Crippen LogP contribution in [0.15, 0.2) is 0 Å². The van der Waals surface area contributed by atoms with Crippen molar-refractivity contribution < 1.29 is 0 Å². The second kappa shape index (κ2) is 5.31. The van der Waals surface area contributed by atoms with Gasteiger partial charge >= 0.3 is 0 Å². The fourth-order valence-corrected chi connectivity index (χ4v) is 3.58. The van der Waals surface area contributed by atoms with Gasteiger partial charge in [0, 0.05) is 12.1 Å². The molecule has 2 N–H and O–H groups in total. The first-order chi connectivity index (χ1) is 7.33. The SMILES string of the molecule is CC1CCCC1N1CCCCC1CCN. The standard InChI is InChI=1S/C13H26N2/c1-11-5-4-7-13(11)15-10-3-2-6-12(15)8-9-14/h11-13H,2-10,14H2,1H3. The Labute approximate surface area is 94.2 Å². The van der Waals surface area contributed by atoms with Gasteiger partial charge in [0.2, 0.25) is 0 Å². The van der Waals surface area contributed by atoms with Gasteiger partial charge in [-0.15, -0.1) is 0 Å². The molecule has 2 nitrogen and oxygen atoms in total. The van der Waals surface area contributed by atoms with Crippen LogP contribution in [-0.4, -0.2) is 30.1 Å². The molecule has 0 radical (unpaired) electrons. The van der Waals surface area contributed by atoms with Crippen molar-refractivity contribution >= 4 is 0 Å². The van der Waals surface area contributed by atoms with Gasteiger partial charge in [-0.25, -0.2) is 0 Å². The zero-order valence-electron chi connectivity index (χ0n) is 10.1. The van der Waals surface area contributed by atoms with Crippen LogP contribution in [0.4, 0.5) is 0 Å². The van der Waals surface area contributed by atoms with Gasteiger partial charge in [0.15, 0.2) is 0 Å². The third-order valence-electron chi connectivity index (χ3n) is 4.41. The Kier molecular flexibility index (Phi) is 4.04. The molecule has 1 aliphatic carbocycles. The number of rotatable bonds is 3. The van der Waals surface area contributed by atoms with Crippen molar-refractivity contribution in [2.75, 3.05) is 13.1 Å². The lowest BCUT2D eigenvalue weighted by molar-refractivity contribution is 0.0733. The van der Waals surface area contributed by atoms with Gasteiger partial charge in [-0.1, -0.05) is 19.8 Å². The molecule has 1 saturated heterocycles. The number of hydrogen-bond acceptors (Lipinski definition) is 2. The highest BCUT2D eigenvalue weighted by Gasteiger charge is 2.33. The molecule has 3 atom stereocenters. The molecule has 3 unspecified atom stereocenters. The van der Waals surface area contributed by atoms with Gasteiger partial charge in [-0.05, 0) is 51.1 Å². The van der Waals surface area contributed by atoms with Crippen molar-refractivity contribution in [3.05, 3.63) is 0 Å². The van der Waals surface area contributed by atoms with E-state index in [0.29, 0.717) is 0 Å². The molecular formula is C13H26N2. The van der Waals surface area contributed by atoms with Crippen molar-refractivity contribution in [1.29, 1.82) is 0 Å². The van der Waals surface area contributed by atoms with Crippen LogP contribution < -0.4 is 5.73 Å². The Morgan fingerprint density at radius 2 is 2.00 bits per heavy atom. The van der Waals surface area contributed by atoms with Gasteiger partial charge in [0.1, 0.15) is 0 Å². The summed E-state index contributed by atoms with van der Waals surface area (Å²) in [5, 5.41) is 0. The molecule has 2 rings (SSSR count). The van der Waals surface area contributed by atoms with E-state index in [9.17, 15) is 0 Å². The van der Waals surface area contributed by atoms with Crippen LogP contribution in [0.1, 0.15) is 51.9 Å². The summed E-state index contributed by atoms with van der Waals surface area (Å²) < 4.78 is 0. The van der Waals surface area contributed by atoms with Crippen LogP contribution in [-0.2, 0) is 0 Å². The summed E-state index contributed by atoms with van der Waals surface area (Å²) in [7, 11) is 0.